The molecule has 5 nitrogen and oxygen atoms in total. The third-order valence-electron chi connectivity index (χ3n) is 3.76. The van der Waals surface area contributed by atoms with E-state index in [1.165, 1.54) is 6.07 Å². The molecule has 1 aromatic carbocycles. The van der Waals surface area contributed by atoms with E-state index in [1.807, 2.05) is 4.90 Å². The van der Waals surface area contributed by atoms with Gasteiger partial charge in [0.25, 0.3) is 0 Å². The third-order valence-corrected chi connectivity index (χ3v) is 3.76. The van der Waals surface area contributed by atoms with Crippen LogP contribution in [0.2, 0.25) is 0 Å². The maximum Gasteiger partial charge on any atom is 0.407 e. The maximum atomic E-state index is 13.5. The molecule has 0 bridgehead atoms. The Labute approximate surface area is 140 Å². The van der Waals surface area contributed by atoms with Crippen molar-refractivity contribution in [3.63, 3.8) is 0 Å². The van der Waals surface area contributed by atoms with Gasteiger partial charge < -0.3 is 10.1 Å². The van der Waals surface area contributed by atoms with E-state index in [0.29, 0.717) is 18.7 Å². The van der Waals surface area contributed by atoms with Crippen LogP contribution in [0.5, 0.6) is 0 Å². The summed E-state index contributed by atoms with van der Waals surface area (Å²) in [5.41, 5.74) is -0.0534. The number of hydrogen-bond donors (Lipinski definition) is 1. The van der Waals surface area contributed by atoms with Crippen molar-refractivity contribution in [1.82, 2.24) is 10.2 Å². The molecule has 1 saturated heterocycles. The molecule has 0 aromatic heterocycles. The van der Waals surface area contributed by atoms with Crippen molar-refractivity contribution < 1.29 is 18.3 Å². The largest absolute Gasteiger partial charge is 0.444 e. The monoisotopic (exact) mass is 337 g/mol. The van der Waals surface area contributed by atoms with E-state index in [0.717, 1.165) is 12.1 Å². The maximum absolute atomic E-state index is 13.5. The van der Waals surface area contributed by atoms with Crippen LogP contribution < -0.4 is 5.32 Å². The second-order valence-electron chi connectivity index (χ2n) is 6.88. The van der Waals surface area contributed by atoms with Gasteiger partial charge in [-0.05, 0) is 38.5 Å². The van der Waals surface area contributed by atoms with Crippen LogP contribution in [0.25, 0.3) is 0 Å². The molecule has 1 fully saturated rings. The van der Waals surface area contributed by atoms with Gasteiger partial charge in [-0.1, -0.05) is 6.07 Å². The predicted octanol–water partition coefficient (Wildman–Crippen LogP) is 2.78. The minimum atomic E-state index is -0.928. The lowest BCUT2D eigenvalue weighted by atomic mass is 9.94. The molecule has 0 radical (unpaired) electrons. The van der Waals surface area contributed by atoms with Gasteiger partial charge in [-0.15, -0.1) is 0 Å². The lowest BCUT2D eigenvalue weighted by Crippen LogP contribution is -2.42. The molecule has 0 saturated carbocycles. The number of halogens is 2. The lowest BCUT2D eigenvalue weighted by Gasteiger charge is -2.24. The summed E-state index contributed by atoms with van der Waals surface area (Å²) in [5.74, 6) is -2.09. The summed E-state index contributed by atoms with van der Waals surface area (Å²) < 4.78 is 31.9. The van der Waals surface area contributed by atoms with Gasteiger partial charge in [0.1, 0.15) is 5.60 Å². The van der Waals surface area contributed by atoms with Gasteiger partial charge in [-0.2, -0.15) is 5.26 Å². The zero-order valence-electron chi connectivity index (χ0n) is 14.0. The van der Waals surface area contributed by atoms with Crippen molar-refractivity contribution in [3.05, 3.63) is 35.4 Å². The zero-order chi connectivity index (χ0) is 17.9. The predicted molar refractivity (Wildman–Crippen MR) is 84.3 cm³/mol. The van der Waals surface area contributed by atoms with Crippen molar-refractivity contribution in [2.24, 2.45) is 0 Å². The Kier molecular flexibility index (Phi) is 5.40. The van der Waals surface area contributed by atoms with Gasteiger partial charge in [-0.25, -0.2) is 13.6 Å². The number of nitriles is 1. The van der Waals surface area contributed by atoms with Crippen molar-refractivity contribution in [3.8, 4) is 6.07 Å². The lowest BCUT2D eigenvalue weighted by molar-refractivity contribution is 0.0502. The summed E-state index contributed by atoms with van der Waals surface area (Å²) in [6, 6.07) is 5.43. The Morgan fingerprint density at radius 2 is 2.08 bits per heavy atom. The van der Waals surface area contributed by atoms with Crippen LogP contribution in [0.4, 0.5) is 13.6 Å². The summed E-state index contributed by atoms with van der Waals surface area (Å²) in [6.07, 6.45) is -0.570. The first-order valence-electron chi connectivity index (χ1n) is 7.73. The number of benzene rings is 1. The first-order valence-corrected chi connectivity index (χ1v) is 7.73. The number of hydrogen-bond acceptors (Lipinski definition) is 4. The highest BCUT2D eigenvalue weighted by Gasteiger charge is 2.36. The molecular weight excluding hydrogens is 316 g/mol. The fourth-order valence-corrected chi connectivity index (χ4v) is 2.80. The number of carbonyl (C=O) groups is 1. The normalized spacial score (nSPS) is 21.3. The molecule has 2 atom stereocenters. The SMILES string of the molecule is CC(C)(C)OC(=O)N[C@@H]1CN(CC#N)C[C@H]1c1ccc(F)c(F)c1. The molecule has 1 N–H and O–H groups in total. The number of likely N-dealkylation sites (tertiary alicyclic amines) is 1. The van der Waals surface area contributed by atoms with E-state index in [-0.39, 0.29) is 18.5 Å². The van der Waals surface area contributed by atoms with Crippen LogP contribution in [0.15, 0.2) is 18.2 Å². The van der Waals surface area contributed by atoms with Crippen molar-refractivity contribution in [1.29, 1.82) is 5.26 Å². The fourth-order valence-electron chi connectivity index (χ4n) is 2.80. The Balaban J connectivity index is 2.17. The van der Waals surface area contributed by atoms with Crippen LogP contribution in [0, 0.1) is 23.0 Å². The van der Waals surface area contributed by atoms with Crippen molar-refractivity contribution in [2.75, 3.05) is 19.6 Å². The minimum absolute atomic E-state index is 0.201. The fraction of sp³-hybridized carbons (Fsp3) is 0.529. The highest BCUT2D eigenvalue weighted by molar-refractivity contribution is 5.68. The molecule has 1 heterocycles. The molecule has 7 heteroatoms. The Hall–Kier alpha value is -2.20. The number of nitrogens with one attached hydrogen (secondary N) is 1. The zero-order valence-corrected chi connectivity index (χ0v) is 14.0. The van der Waals surface area contributed by atoms with E-state index in [1.54, 1.807) is 20.8 Å². The summed E-state index contributed by atoms with van der Waals surface area (Å²) in [6.45, 7) is 6.39. The van der Waals surface area contributed by atoms with Crippen LogP contribution in [0.3, 0.4) is 0 Å². The second-order valence-corrected chi connectivity index (χ2v) is 6.88. The number of nitrogens with zero attached hydrogens (tertiary/aromatic N) is 2. The molecule has 1 aromatic rings. The molecule has 1 aliphatic rings. The van der Waals surface area contributed by atoms with E-state index in [9.17, 15) is 13.6 Å². The molecule has 130 valence electrons. The van der Waals surface area contributed by atoms with Crippen molar-refractivity contribution >= 4 is 6.09 Å². The summed E-state index contributed by atoms with van der Waals surface area (Å²) >= 11 is 0. The Bertz CT molecular complexity index is 652. The first-order chi connectivity index (χ1) is 11.2. The Morgan fingerprint density at radius 1 is 1.38 bits per heavy atom. The van der Waals surface area contributed by atoms with Crippen LogP contribution in [-0.4, -0.2) is 42.3 Å². The van der Waals surface area contributed by atoms with Crippen LogP contribution in [-0.2, 0) is 4.74 Å². The topological polar surface area (TPSA) is 65.4 Å². The molecule has 24 heavy (non-hydrogen) atoms. The highest BCUT2D eigenvalue weighted by atomic mass is 19.2. The molecule has 0 unspecified atom stereocenters. The van der Waals surface area contributed by atoms with E-state index in [2.05, 4.69) is 11.4 Å². The second kappa shape index (κ2) is 7.14. The van der Waals surface area contributed by atoms with E-state index < -0.39 is 23.3 Å². The van der Waals surface area contributed by atoms with Gasteiger partial charge in [-0.3, -0.25) is 4.90 Å². The smallest absolute Gasteiger partial charge is 0.407 e. The van der Waals surface area contributed by atoms with Gasteiger partial charge in [0.15, 0.2) is 11.6 Å². The number of alkyl carbamates (subject to hydrolysis) is 1. The number of rotatable bonds is 3. The highest BCUT2D eigenvalue weighted by Crippen LogP contribution is 2.29. The van der Waals surface area contributed by atoms with E-state index >= 15 is 0 Å². The van der Waals surface area contributed by atoms with Gasteiger partial charge in [0, 0.05) is 19.0 Å². The summed E-state index contributed by atoms with van der Waals surface area (Å²) in [7, 11) is 0. The molecule has 0 aliphatic carbocycles. The minimum Gasteiger partial charge on any atom is -0.444 e. The summed E-state index contributed by atoms with van der Waals surface area (Å²) in [5, 5.41) is 11.6. The molecular formula is C17H21F2N3O2. The average molecular weight is 337 g/mol. The molecule has 1 amide bonds. The quantitative estimate of drug-likeness (QED) is 0.862. The van der Waals surface area contributed by atoms with Crippen molar-refractivity contribution in [2.45, 2.75) is 38.3 Å². The number of amides is 1. The standard InChI is InChI=1S/C17H21F2N3O2/c1-17(2,3)24-16(23)21-15-10-22(7-6-20)9-12(15)11-4-5-13(18)14(19)8-11/h4-5,8,12,15H,7,9-10H2,1-3H3,(H,21,23)/t12-,15+/m0/s1. The van der Waals surface area contributed by atoms with Gasteiger partial charge >= 0.3 is 6.09 Å². The molecule has 0 spiro atoms. The Morgan fingerprint density at radius 3 is 2.67 bits per heavy atom. The van der Waals surface area contributed by atoms with Gasteiger partial charge in [0.2, 0.25) is 0 Å². The summed E-state index contributed by atoms with van der Waals surface area (Å²) in [4.78, 5) is 13.9. The van der Waals surface area contributed by atoms with E-state index in [4.69, 9.17) is 10.00 Å². The van der Waals surface area contributed by atoms with Crippen LogP contribution in [0.1, 0.15) is 32.3 Å². The molecule has 1 aliphatic heterocycles. The third kappa shape index (κ3) is 4.65. The molecule has 2 rings (SSSR count). The van der Waals surface area contributed by atoms with Gasteiger partial charge in [0.05, 0.1) is 18.7 Å². The number of carbonyl (C=O) groups excluding carboxylic acids is 1. The van der Waals surface area contributed by atoms with Crippen LogP contribution >= 0.6 is 0 Å². The average Bonchev–Trinajstić information content (AvgIpc) is 2.82. The first kappa shape index (κ1) is 18.1. The number of ether oxygens (including phenoxy) is 1.